The fourth-order valence-electron chi connectivity index (χ4n) is 3.25. The number of anilines is 1. The maximum atomic E-state index is 12.8. The number of aromatic nitrogens is 1. The molecule has 0 radical (unpaired) electrons. The van der Waals surface area contributed by atoms with E-state index in [4.69, 9.17) is 10.00 Å². The van der Waals surface area contributed by atoms with Gasteiger partial charge in [-0.05, 0) is 55.0 Å². The molecule has 0 bridgehead atoms. The van der Waals surface area contributed by atoms with Crippen LogP contribution < -0.4 is 10.1 Å². The number of benzene rings is 3. The van der Waals surface area contributed by atoms with Crippen LogP contribution in [0.25, 0.3) is 0 Å². The molecule has 1 amide bonds. The van der Waals surface area contributed by atoms with Crippen LogP contribution in [0.4, 0.5) is 5.69 Å². The van der Waals surface area contributed by atoms with Crippen LogP contribution in [-0.4, -0.2) is 10.9 Å². The van der Waals surface area contributed by atoms with Crippen molar-refractivity contribution >= 4 is 34.7 Å². The van der Waals surface area contributed by atoms with E-state index in [1.807, 2.05) is 79.7 Å². The van der Waals surface area contributed by atoms with Crippen molar-refractivity contribution in [3.8, 4) is 11.8 Å². The van der Waals surface area contributed by atoms with E-state index < -0.39 is 0 Å². The number of rotatable bonds is 9. The molecular formula is C27H23N3O2S2. The normalized spacial score (nSPS) is 10.5. The summed E-state index contributed by atoms with van der Waals surface area (Å²) in [4.78, 5) is 18.4. The summed E-state index contributed by atoms with van der Waals surface area (Å²) in [5, 5.41) is 14.9. The molecule has 4 rings (SSSR count). The summed E-state index contributed by atoms with van der Waals surface area (Å²) < 4.78 is 5.89. The van der Waals surface area contributed by atoms with Gasteiger partial charge in [0.2, 0.25) is 0 Å². The minimum atomic E-state index is -0.167. The highest BCUT2D eigenvalue weighted by Crippen LogP contribution is 2.25. The molecule has 0 aliphatic rings. The van der Waals surface area contributed by atoms with Gasteiger partial charge in [-0.3, -0.25) is 4.79 Å². The quantitative estimate of drug-likeness (QED) is 0.269. The summed E-state index contributed by atoms with van der Waals surface area (Å²) in [5.41, 5.74) is 4.21. The van der Waals surface area contributed by atoms with E-state index in [-0.39, 0.29) is 5.91 Å². The number of hydrogen-bond acceptors (Lipinski definition) is 6. The largest absolute Gasteiger partial charge is 0.489 e. The van der Waals surface area contributed by atoms with Crippen molar-refractivity contribution in [1.29, 1.82) is 5.26 Å². The number of para-hydroxylation sites is 1. The van der Waals surface area contributed by atoms with Crippen molar-refractivity contribution in [3.05, 3.63) is 106 Å². The third-order valence-corrected chi connectivity index (χ3v) is 6.90. The monoisotopic (exact) mass is 485 g/mol. The lowest BCUT2D eigenvalue weighted by molar-refractivity contribution is 0.102. The van der Waals surface area contributed by atoms with Crippen LogP contribution >= 0.6 is 23.1 Å². The highest BCUT2D eigenvalue weighted by atomic mass is 32.2. The van der Waals surface area contributed by atoms with E-state index in [0.29, 0.717) is 30.0 Å². The Hall–Kier alpha value is -3.60. The van der Waals surface area contributed by atoms with Crippen molar-refractivity contribution in [2.75, 3.05) is 5.32 Å². The maximum Gasteiger partial charge on any atom is 0.255 e. The first-order valence-corrected chi connectivity index (χ1v) is 12.6. The molecule has 1 aromatic heterocycles. The second-order valence-electron chi connectivity index (χ2n) is 7.55. The lowest BCUT2D eigenvalue weighted by Crippen LogP contribution is -2.13. The Morgan fingerprint density at radius 2 is 1.85 bits per heavy atom. The number of carbonyl (C=O) groups excluding carboxylic acids is 1. The van der Waals surface area contributed by atoms with Gasteiger partial charge in [0.05, 0.1) is 23.2 Å². The van der Waals surface area contributed by atoms with E-state index in [1.165, 1.54) is 0 Å². The first-order chi connectivity index (χ1) is 16.6. The van der Waals surface area contributed by atoms with Crippen LogP contribution in [0.2, 0.25) is 0 Å². The van der Waals surface area contributed by atoms with E-state index in [9.17, 15) is 4.79 Å². The molecule has 0 atom stereocenters. The SMILES string of the molecule is Cc1nc(CSc2ccc(C(=O)Nc3ccccc3COc3ccc(CC#N)cc3)cc2)cs1. The van der Waals surface area contributed by atoms with Crippen molar-refractivity contribution in [2.24, 2.45) is 0 Å². The van der Waals surface area contributed by atoms with E-state index in [0.717, 1.165) is 32.5 Å². The number of carbonyl (C=O) groups is 1. The third kappa shape index (κ3) is 6.47. The van der Waals surface area contributed by atoms with Gasteiger partial charge in [0.25, 0.3) is 5.91 Å². The number of amides is 1. The number of nitrogens with one attached hydrogen (secondary N) is 1. The van der Waals surface area contributed by atoms with Gasteiger partial charge in [-0.2, -0.15) is 5.26 Å². The second-order valence-corrected chi connectivity index (χ2v) is 9.66. The van der Waals surface area contributed by atoms with Gasteiger partial charge in [0.15, 0.2) is 0 Å². The molecule has 5 nitrogen and oxygen atoms in total. The molecule has 0 saturated heterocycles. The summed E-state index contributed by atoms with van der Waals surface area (Å²) in [6.07, 6.45) is 0.375. The van der Waals surface area contributed by atoms with Gasteiger partial charge in [0.1, 0.15) is 12.4 Å². The maximum absolute atomic E-state index is 12.8. The predicted octanol–water partition coefficient (Wildman–Crippen LogP) is 6.64. The highest BCUT2D eigenvalue weighted by molar-refractivity contribution is 7.98. The molecule has 0 aliphatic carbocycles. The molecule has 0 saturated carbocycles. The Morgan fingerprint density at radius 1 is 1.09 bits per heavy atom. The molecule has 4 aromatic rings. The van der Waals surface area contributed by atoms with Crippen molar-refractivity contribution in [2.45, 2.75) is 30.6 Å². The lowest BCUT2D eigenvalue weighted by Gasteiger charge is -2.13. The van der Waals surface area contributed by atoms with Gasteiger partial charge in [-0.25, -0.2) is 4.98 Å². The molecule has 34 heavy (non-hydrogen) atoms. The van der Waals surface area contributed by atoms with Gasteiger partial charge >= 0.3 is 0 Å². The molecule has 1 N–H and O–H groups in total. The topological polar surface area (TPSA) is 75.0 Å². The molecular weight excluding hydrogens is 462 g/mol. The summed E-state index contributed by atoms with van der Waals surface area (Å²) in [7, 11) is 0. The molecule has 0 unspecified atom stereocenters. The lowest BCUT2D eigenvalue weighted by atomic mass is 10.1. The Kier molecular flexibility index (Phi) is 7.97. The van der Waals surface area contributed by atoms with E-state index in [2.05, 4.69) is 21.8 Å². The van der Waals surface area contributed by atoms with Gasteiger partial charge in [-0.15, -0.1) is 23.1 Å². The fraction of sp³-hybridized carbons (Fsp3) is 0.148. The number of thiazole rings is 1. The van der Waals surface area contributed by atoms with Gasteiger partial charge in [-0.1, -0.05) is 30.3 Å². The summed E-state index contributed by atoms with van der Waals surface area (Å²) in [6, 6.07) is 24.8. The van der Waals surface area contributed by atoms with Crippen LogP contribution in [0, 0.1) is 18.3 Å². The number of nitriles is 1. The zero-order valence-corrected chi connectivity index (χ0v) is 20.3. The Balaban J connectivity index is 1.35. The number of aryl methyl sites for hydroxylation is 1. The molecule has 1 heterocycles. The first kappa shape index (κ1) is 23.6. The van der Waals surface area contributed by atoms with Crippen molar-refractivity contribution in [1.82, 2.24) is 4.98 Å². The standard InChI is InChI=1S/C27H23N3O2S2/c1-19-29-23(17-33-19)18-34-25-12-8-21(9-13-25)27(31)30-26-5-3-2-4-22(26)16-32-24-10-6-20(7-11-24)14-15-28/h2-13,17H,14,16,18H2,1H3,(H,30,31). The molecule has 0 spiro atoms. The average Bonchev–Trinajstić information content (AvgIpc) is 3.28. The smallest absolute Gasteiger partial charge is 0.255 e. The van der Waals surface area contributed by atoms with Crippen LogP contribution in [0.5, 0.6) is 5.75 Å². The van der Waals surface area contributed by atoms with Crippen LogP contribution in [0.3, 0.4) is 0 Å². The summed E-state index contributed by atoms with van der Waals surface area (Å²) in [6.45, 7) is 2.32. The summed E-state index contributed by atoms with van der Waals surface area (Å²) in [5.74, 6) is 1.35. The number of ether oxygens (including phenoxy) is 1. The molecule has 0 fully saturated rings. The van der Waals surface area contributed by atoms with Crippen molar-refractivity contribution < 1.29 is 9.53 Å². The van der Waals surface area contributed by atoms with Crippen molar-refractivity contribution in [3.63, 3.8) is 0 Å². The van der Waals surface area contributed by atoms with Crippen LogP contribution in [0.15, 0.2) is 83.1 Å². The van der Waals surface area contributed by atoms with E-state index >= 15 is 0 Å². The molecule has 170 valence electrons. The third-order valence-electron chi connectivity index (χ3n) is 5.04. The highest BCUT2D eigenvalue weighted by Gasteiger charge is 2.10. The Morgan fingerprint density at radius 3 is 2.56 bits per heavy atom. The van der Waals surface area contributed by atoms with Crippen LogP contribution in [0.1, 0.15) is 32.2 Å². The Bertz CT molecular complexity index is 1290. The number of hydrogen-bond donors (Lipinski definition) is 1. The zero-order chi connectivity index (χ0) is 23.8. The Labute approximate surface area is 207 Å². The average molecular weight is 486 g/mol. The summed E-state index contributed by atoms with van der Waals surface area (Å²) >= 11 is 3.36. The predicted molar refractivity (Wildman–Crippen MR) is 137 cm³/mol. The van der Waals surface area contributed by atoms with E-state index in [1.54, 1.807) is 23.1 Å². The first-order valence-electron chi connectivity index (χ1n) is 10.7. The van der Waals surface area contributed by atoms with Crippen LogP contribution in [-0.2, 0) is 18.8 Å². The number of thioether (sulfide) groups is 1. The minimum Gasteiger partial charge on any atom is -0.489 e. The zero-order valence-electron chi connectivity index (χ0n) is 18.7. The number of nitrogens with zero attached hydrogens (tertiary/aromatic N) is 2. The molecule has 3 aromatic carbocycles. The fourth-order valence-corrected chi connectivity index (χ4v) is 4.76. The molecule has 0 aliphatic heterocycles. The van der Waals surface area contributed by atoms with Gasteiger partial charge in [0, 0.05) is 32.8 Å². The minimum absolute atomic E-state index is 0.167. The molecule has 7 heteroatoms. The van der Waals surface area contributed by atoms with Gasteiger partial charge < -0.3 is 10.1 Å². The second kappa shape index (κ2) is 11.5.